The third kappa shape index (κ3) is 4.25. The Balaban J connectivity index is 1.61. The largest absolute Gasteiger partial charge is 0.478 e. The fourth-order valence-electron chi connectivity index (χ4n) is 3.87. The number of amides is 1. The third-order valence-corrected chi connectivity index (χ3v) is 6.03. The maximum atomic E-state index is 14.3. The quantitative estimate of drug-likeness (QED) is 0.420. The lowest BCUT2D eigenvalue weighted by Crippen LogP contribution is -2.29. The lowest BCUT2D eigenvalue weighted by Gasteiger charge is -2.18. The molecule has 0 saturated heterocycles. The van der Waals surface area contributed by atoms with Crippen LogP contribution >= 0.6 is 0 Å². The number of carbonyl (C=O) groups excluding carboxylic acids is 1. The normalized spacial score (nSPS) is 14.5. The second kappa shape index (κ2) is 8.55. The molecule has 0 radical (unpaired) electrons. The fourth-order valence-corrected chi connectivity index (χ4v) is 3.87. The zero-order valence-electron chi connectivity index (χ0n) is 18.0. The Morgan fingerprint density at radius 2 is 1.82 bits per heavy atom. The summed E-state index contributed by atoms with van der Waals surface area (Å²) in [6.45, 7) is 1.33. The van der Waals surface area contributed by atoms with Gasteiger partial charge in [-0.25, -0.2) is 13.6 Å². The molecule has 176 valence electrons. The topological polar surface area (TPSA) is 79.3 Å². The summed E-state index contributed by atoms with van der Waals surface area (Å²) in [5.41, 5.74) is -0.939. The Kier molecular flexibility index (Phi) is 5.89. The summed E-state index contributed by atoms with van der Waals surface area (Å²) in [5, 5.41) is 12.3. The number of carbonyl (C=O) groups is 2. The number of alkyl halides is 2. The van der Waals surface area contributed by atoms with Crippen molar-refractivity contribution in [2.45, 2.75) is 37.5 Å². The Bertz CT molecular complexity index is 1270. The number of aromatic nitrogens is 1. The number of hydrogen-bond donors (Lipinski definition) is 2. The highest BCUT2D eigenvalue weighted by Crippen LogP contribution is 2.50. The SMILES string of the molecule is CCC(F)(F)c1ccc(-c2ccc(NC(=O)C3(c4ccc(F)cc4F)CC3)cc2C(=O)O)cn1. The first-order valence-electron chi connectivity index (χ1n) is 10.6. The average molecular weight is 472 g/mol. The van der Waals surface area contributed by atoms with Crippen LogP contribution in [0, 0.1) is 11.6 Å². The Morgan fingerprint density at radius 1 is 1.09 bits per heavy atom. The zero-order chi connectivity index (χ0) is 24.7. The fraction of sp³-hybridized carbons (Fsp3) is 0.240. The number of carboxylic acid groups (broad SMARTS) is 1. The predicted octanol–water partition coefficient (Wildman–Crippen LogP) is 5.90. The van der Waals surface area contributed by atoms with Gasteiger partial charge in [0, 0.05) is 35.5 Å². The van der Waals surface area contributed by atoms with E-state index in [-0.39, 0.29) is 22.4 Å². The molecule has 9 heteroatoms. The maximum Gasteiger partial charge on any atom is 0.336 e. The number of nitrogens with one attached hydrogen (secondary N) is 1. The van der Waals surface area contributed by atoms with Crippen molar-refractivity contribution in [2.75, 3.05) is 5.32 Å². The van der Waals surface area contributed by atoms with Gasteiger partial charge in [0.15, 0.2) is 0 Å². The molecule has 2 aromatic carbocycles. The van der Waals surface area contributed by atoms with Crippen molar-refractivity contribution in [1.82, 2.24) is 4.98 Å². The molecule has 0 aliphatic heterocycles. The Hall–Kier alpha value is -3.75. The van der Waals surface area contributed by atoms with Crippen LogP contribution < -0.4 is 5.32 Å². The van der Waals surface area contributed by atoms with Gasteiger partial charge >= 0.3 is 5.97 Å². The summed E-state index contributed by atoms with van der Waals surface area (Å²) in [4.78, 5) is 28.6. The number of aromatic carboxylic acids is 1. The van der Waals surface area contributed by atoms with Crippen LogP contribution in [0.15, 0.2) is 54.7 Å². The van der Waals surface area contributed by atoms with E-state index in [4.69, 9.17) is 0 Å². The minimum Gasteiger partial charge on any atom is -0.478 e. The predicted molar refractivity (Wildman–Crippen MR) is 117 cm³/mol. The van der Waals surface area contributed by atoms with Crippen LogP contribution in [0.4, 0.5) is 23.2 Å². The van der Waals surface area contributed by atoms with Crippen molar-refractivity contribution >= 4 is 17.6 Å². The lowest BCUT2D eigenvalue weighted by atomic mass is 9.94. The van der Waals surface area contributed by atoms with E-state index < -0.39 is 47.0 Å². The molecule has 0 bridgehead atoms. The van der Waals surface area contributed by atoms with Gasteiger partial charge in [0.2, 0.25) is 5.91 Å². The van der Waals surface area contributed by atoms with Gasteiger partial charge in [0.25, 0.3) is 5.92 Å². The number of rotatable bonds is 7. The van der Waals surface area contributed by atoms with Crippen molar-refractivity contribution in [2.24, 2.45) is 0 Å². The molecule has 0 spiro atoms. The number of pyridine rings is 1. The molecule has 1 heterocycles. The van der Waals surface area contributed by atoms with E-state index in [1.165, 1.54) is 43.5 Å². The zero-order valence-corrected chi connectivity index (χ0v) is 18.0. The van der Waals surface area contributed by atoms with E-state index in [9.17, 15) is 32.3 Å². The van der Waals surface area contributed by atoms with E-state index in [0.717, 1.165) is 18.2 Å². The molecule has 3 aromatic rings. The van der Waals surface area contributed by atoms with Gasteiger partial charge in [-0.3, -0.25) is 9.78 Å². The Morgan fingerprint density at radius 3 is 2.38 bits per heavy atom. The first kappa shape index (κ1) is 23.4. The minimum atomic E-state index is -3.09. The van der Waals surface area contributed by atoms with Crippen molar-refractivity contribution in [3.05, 3.63) is 83.2 Å². The molecule has 1 saturated carbocycles. The summed E-state index contributed by atoms with van der Waals surface area (Å²) in [5.74, 6) is -6.49. The van der Waals surface area contributed by atoms with E-state index in [2.05, 4.69) is 10.3 Å². The highest BCUT2D eigenvalue weighted by atomic mass is 19.3. The van der Waals surface area contributed by atoms with Crippen LogP contribution in [0.5, 0.6) is 0 Å². The number of nitrogens with zero attached hydrogens (tertiary/aromatic N) is 1. The molecule has 1 fully saturated rings. The summed E-state index contributed by atoms with van der Waals surface area (Å²) in [6.07, 6.45) is 1.49. The van der Waals surface area contributed by atoms with E-state index in [0.29, 0.717) is 18.4 Å². The lowest BCUT2D eigenvalue weighted by molar-refractivity contribution is -0.118. The van der Waals surface area contributed by atoms with Crippen molar-refractivity contribution in [3.63, 3.8) is 0 Å². The van der Waals surface area contributed by atoms with Crippen LogP contribution in [0.2, 0.25) is 0 Å². The van der Waals surface area contributed by atoms with E-state index in [1.807, 2.05) is 0 Å². The molecule has 34 heavy (non-hydrogen) atoms. The molecule has 0 unspecified atom stereocenters. The molecule has 1 amide bonds. The molecular formula is C25H20F4N2O3. The molecule has 1 aromatic heterocycles. The van der Waals surface area contributed by atoms with Gasteiger partial charge in [0.05, 0.1) is 11.0 Å². The number of anilines is 1. The smallest absolute Gasteiger partial charge is 0.336 e. The first-order valence-corrected chi connectivity index (χ1v) is 10.6. The van der Waals surface area contributed by atoms with Gasteiger partial charge in [-0.05, 0) is 42.7 Å². The number of hydrogen-bond acceptors (Lipinski definition) is 3. The minimum absolute atomic E-state index is 0.0801. The Labute approximate surface area is 192 Å². The van der Waals surface area contributed by atoms with Crippen LogP contribution in [0.25, 0.3) is 11.1 Å². The van der Waals surface area contributed by atoms with Gasteiger partial charge in [-0.1, -0.05) is 25.1 Å². The van der Waals surface area contributed by atoms with Crippen molar-refractivity contribution in [3.8, 4) is 11.1 Å². The second-order valence-corrected chi connectivity index (χ2v) is 8.22. The summed E-state index contributed by atoms with van der Waals surface area (Å²) >= 11 is 0. The van der Waals surface area contributed by atoms with Gasteiger partial charge < -0.3 is 10.4 Å². The molecule has 4 rings (SSSR count). The molecule has 2 N–H and O–H groups in total. The third-order valence-electron chi connectivity index (χ3n) is 6.03. The standard InChI is InChI=1S/C25H20F4N2O3/c1-2-25(28,29)21-8-3-14(13-30-21)17-6-5-16(12-18(17)22(32)33)31-23(34)24(9-10-24)19-7-4-15(26)11-20(19)27/h3-8,11-13H,2,9-10H2,1H3,(H,31,34)(H,32,33). The van der Waals surface area contributed by atoms with Gasteiger partial charge in [-0.2, -0.15) is 8.78 Å². The number of halogens is 4. The summed E-state index contributed by atoms with van der Waals surface area (Å²) in [7, 11) is 0. The van der Waals surface area contributed by atoms with Crippen LogP contribution in [-0.2, 0) is 16.1 Å². The molecule has 1 aliphatic carbocycles. The number of benzene rings is 2. The summed E-state index contributed by atoms with van der Waals surface area (Å²) < 4.78 is 55.2. The van der Waals surface area contributed by atoms with Crippen LogP contribution in [-0.4, -0.2) is 22.0 Å². The van der Waals surface area contributed by atoms with Crippen LogP contribution in [0.3, 0.4) is 0 Å². The van der Waals surface area contributed by atoms with Crippen molar-refractivity contribution in [1.29, 1.82) is 0 Å². The highest BCUT2D eigenvalue weighted by Gasteiger charge is 2.52. The van der Waals surface area contributed by atoms with Crippen LogP contribution in [0.1, 0.15) is 47.8 Å². The molecular weight excluding hydrogens is 452 g/mol. The monoisotopic (exact) mass is 472 g/mol. The number of carboxylic acids is 1. The molecule has 1 aliphatic rings. The van der Waals surface area contributed by atoms with E-state index in [1.54, 1.807) is 0 Å². The molecule has 0 atom stereocenters. The van der Waals surface area contributed by atoms with Crippen molar-refractivity contribution < 1.29 is 32.3 Å². The van der Waals surface area contributed by atoms with E-state index >= 15 is 0 Å². The van der Waals surface area contributed by atoms with Gasteiger partial charge in [-0.15, -0.1) is 0 Å². The first-order chi connectivity index (χ1) is 16.1. The highest BCUT2D eigenvalue weighted by molar-refractivity contribution is 6.03. The summed E-state index contributed by atoms with van der Waals surface area (Å²) in [6, 6.07) is 9.69. The maximum absolute atomic E-state index is 14.3. The second-order valence-electron chi connectivity index (χ2n) is 8.22. The van der Waals surface area contributed by atoms with Gasteiger partial charge in [0.1, 0.15) is 17.3 Å². The average Bonchev–Trinajstić information content (AvgIpc) is 3.61. The molecule has 5 nitrogen and oxygen atoms in total.